The predicted molar refractivity (Wildman–Crippen MR) is 79.1 cm³/mol. The number of nitrogens with one attached hydrogen (secondary N) is 3. The van der Waals surface area contributed by atoms with E-state index in [4.69, 9.17) is 0 Å². The number of amides is 1. The molecule has 1 aromatic heterocycles. The Balaban J connectivity index is 1.74. The highest BCUT2D eigenvalue weighted by atomic mass is 16.3. The molecule has 1 aliphatic heterocycles. The summed E-state index contributed by atoms with van der Waals surface area (Å²) in [7, 11) is 0. The van der Waals surface area contributed by atoms with E-state index in [1.807, 2.05) is 13.0 Å². The minimum Gasteiger partial charge on any atom is -0.507 e. The monoisotopic (exact) mass is 286 g/mol. The van der Waals surface area contributed by atoms with E-state index in [-0.39, 0.29) is 17.7 Å². The molecule has 6 nitrogen and oxygen atoms in total. The molecule has 0 aliphatic carbocycles. The number of imidazole rings is 1. The van der Waals surface area contributed by atoms with Crippen molar-refractivity contribution in [1.82, 2.24) is 15.3 Å². The van der Waals surface area contributed by atoms with Gasteiger partial charge in [-0.2, -0.15) is 0 Å². The van der Waals surface area contributed by atoms with Crippen LogP contribution in [0, 0.1) is 13.8 Å². The molecule has 0 fully saturated rings. The van der Waals surface area contributed by atoms with Crippen molar-refractivity contribution >= 4 is 11.6 Å². The molecule has 1 unspecified atom stereocenters. The van der Waals surface area contributed by atoms with Crippen molar-refractivity contribution in [1.29, 1.82) is 0 Å². The van der Waals surface area contributed by atoms with Gasteiger partial charge in [0.2, 0.25) is 5.91 Å². The summed E-state index contributed by atoms with van der Waals surface area (Å²) in [5.74, 6) is 0.106. The largest absolute Gasteiger partial charge is 0.507 e. The molecule has 1 aliphatic rings. The third kappa shape index (κ3) is 2.50. The van der Waals surface area contributed by atoms with Crippen molar-refractivity contribution in [2.24, 2.45) is 0 Å². The Morgan fingerprint density at radius 3 is 3.05 bits per heavy atom. The van der Waals surface area contributed by atoms with Gasteiger partial charge in [0.25, 0.3) is 0 Å². The first-order chi connectivity index (χ1) is 10.1. The van der Waals surface area contributed by atoms with Crippen LogP contribution in [0.3, 0.4) is 0 Å². The van der Waals surface area contributed by atoms with Gasteiger partial charge in [-0.25, -0.2) is 4.98 Å². The van der Waals surface area contributed by atoms with E-state index in [1.54, 1.807) is 19.3 Å². The van der Waals surface area contributed by atoms with Gasteiger partial charge in [0.1, 0.15) is 5.75 Å². The Hall–Kier alpha value is -2.34. The molecule has 0 saturated heterocycles. The lowest BCUT2D eigenvalue weighted by Crippen LogP contribution is -2.44. The molecule has 21 heavy (non-hydrogen) atoms. The number of aromatic hydroxyl groups is 1. The third-order valence-corrected chi connectivity index (χ3v) is 3.94. The highest BCUT2D eigenvalue weighted by Crippen LogP contribution is 2.28. The first-order valence-electron chi connectivity index (χ1n) is 6.91. The van der Waals surface area contributed by atoms with Gasteiger partial charge in [-0.3, -0.25) is 10.1 Å². The number of phenolic OH excluding ortho intramolecular Hbond substituents is 1. The molecule has 0 radical (unpaired) electrons. The van der Waals surface area contributed by atoms with E-state index in [9.17, 15) is 9.90 Å². The number of benzene rings is 1. The van der Waals surface area contributed by atoms with Crippen molar-refractivity contribution in [2.45, 2.75) is 32.9 Å². The van der Waals surface area contributed by atoms with Crippen molar-refractivity contribution in [2.75, 3.05) is 5.32 Å². The topological polar surface area (TPSA) is 90.0 Å². The standard InChI is InChI=1S/C15H18N4O2/c1-8-3-4-10(9(2)14(8)20)19-15(21)12-5-11-13(6-16-12)18-7-17-11/h3-4,7,12,16,20H,5-6H2,1-2H3,(H,17,18)(H,19,21). The second-order valence-corrected chi connectivity index (χ2v) is 5.36. The Morgan fingerprint density at radius 2 is 2.24 bits per heavy atom. The molecule has 0 bridgehead atoms. The summed E-state index contributed by atoms with van der Waals surface area (Å²) in [5.41, 5.74) is 4.07. The average molecular weight is 286 g/mol. The summed E-state index contributed by atoms with van der Waals surface area (Å²) < 4.78 is 0. The number of hydrogen-bond acceptors (Lipinski definition) is 4. The first-order valence-corrected chi connectivity index (χ1v) is 6.91. The Kier molecular flexibility index (Phi) is 3.39. The van der Waals surface area contributed by atoms with Gasteiger partial charge >= 0.3 is 0 Å². The summed E-state index contributed by atoms with van der Waals surface area (Å²) in [6.45, 7) is 4.22. The summed E-state index contributed by atoms with van der Waals surface area (Å²) in [4.78, 5) is 19.6. The Bertz CT molecular complexity index is 693. The van der Waals surface area contributed by atoms with Gasteiger partial charge in [-0.05, 0) is 25.5 Å². The Morgan fingerprint density at radius 1 is 1.43 bits per heavy atom. The predicted octanol–water partition coefficient (Wildman–Crippen LogP) is 1.39. The van der Waals surface area contributed by atoms with Crippen LogP contribution in [0.1, 0.15) is 22.5 Å². The van der Waals surface area contributed by atoms with Gasteiger partial charge in [0.15, 0.2) is 0 Å². The minimum absolute atomic E-state index is 0.116. The number of phenols is 1. The van der Waals surface area contributed by atoms with Gasteiger partial charge in [-0.1, -0.05) is 6.07 Å². The number of aromatic amines is 1. The van der Waals surface area contributed by atoms with E-state index < -0.39 is 0 Å². The van der Waals surface area contributed by atoms with E-state index in [0.717, 1.165) is 17.0 Å². The van der Waals surface area contributed by atoms with Crippen LogP contribution in [0.15, 0.2) is 18.5 Å². The number of nitrogens with zero attached hydrogens (tertiary/aromatic N) is 1. The zero-order valence-electron chi connectivity index (χ0n) is 12.0. The van der Waals surface area contributed by atoms with Crippen LogP contribution in [-0.4, -0.2) is 27.0 Å². The summed E-state index contributed by atoms with van der Waals surface area (Å²) in [6, 6.07) is 3.28. The number of hydrogen-bond donors (Lipinski definition) is 4. The van der Waals surface area contributed by atoms with Crippen LogP contribution in [0.2, 0.25) is 0 Å². The van der Waals surface area contributed by atoms with Crippen LogP contribution in [-0.2, 0) is 17.8 Å². The van der Waals surface area contributed by atoms with E-state index >= 15 is 0 Å². The smallest absolute Gasteiger partial charge is 0.241 e. The molecule has 2 aromatic rings. The summed E-state index contributed by atoms with van der Waals surface area (Å²) in [5, 5.41) is 16.0. The van der Waals surface area contributed by atoms with Crippen molar-refractivity contribution in [3.63, 3.8) is 0 Å². The number of carbonyl (C=O) groups excluding carboxylic acids is 1. The fourth-order valence-electron chi connectivity index (χ4n) is 2.55. The van der Waals surface area contributed by atoms with E-state index in [0.29, 0.717) is 24.2 Å². The highest BCUT2D eigenvalue weighted by Gasteiger charge is 2.26. The molecular weight excluding hydrogens is 268 g/mol. The molecule has 1 aromatic carbocycles. The van der Waals surface area contributed by atoms with Gasteiger partial charge in [-0.15, -0.1) is 0 Å². The summed E-state index contributed by atoms with van der Waals surface area (Å²) in [6.07, 6.45) is 2.20. The maximum atomic E-state index is 12.4. The van der Waals surface area contributed by atoms with Crippen LogP contribution >= 0.6 is 0 Å². The van der Waals surface area contributed by atoms with Crippen LogP contribution in [0.4, 0.5) is 5.69 Å². The highest BCUT2D eigenvalue weighted by molar-refractivity contribution is 5.96. The van der Waals surface area contributed by atoms with Gasteiger partial charge in [0, 0.05) is 24.2 Å². The zero-order chi connectivity index (χ0) is 15.0. The van der Waals surface area contributed by atoms with Crippen LogP contribution < -0.4 is 10.6 Å². The summed E-state index contributed by atoms with van der Waals surface area (Å²) >= 11 is 0. The third-order valence-electron chi connectivity index (χ3n) is 3.94. The second kappa shape index (κ2) is 5.21. The minimum atomic E-state index is -0.316. The average Bonchev–Trinajstić information content (AvgIpc) is 2.95. The maximum absolute atomic E-state index is 12.4. The maximum Gasteiger partial charge on any atom is 0.241 e. The molecular formula is C15H18N4O2. The molecule has 2 heterocycles. The SMILES string of the molecule is Cc1ccc(NC(=O)C2Cc3nc[nH]c3CN2)c(C)c1O. The Labute approximate surface area is 122 Å². The number of H-pyrrole nitrogens is 1. The lowest BCUT2D eigenvalue weighted by molar-refractivity contribution is -0.118. The second-order valence-electron chi connectivity index (χ2n) is 5.36. The zero-order valence-corrected chi connectivity index (χ0v) is 12.0. The van der Waals surface area contributed by atoms with Crippen molar-refractivity contribution in [3.05, 3.63) is 41.0 Å². The molecule has 0 saturated carbocycles. The molecule has 1 atom stereocenters. The van der Waals surface area contributed by atoms with Crippen LogP contribution in [0.5, 0.6) is 5.75 Å². The quantitative estimate of drug-likeness (QED) is 0.671. The molecule has 0 spiro atoms. The number of rotatable bonds is 2. The van der Waals surface area contributed by atoms with Crippen LogP contribution in [0.25, 0.3) is 0 Å². The fraction of sp³-hybridized carbons (Fsp3) is 0.333. The van der Waals surface area contributed by atoms with Gasteiger partial charge < -0.3 is 15.4 Å². The number of aryl methyl sites for hydroxylation is 1. The lowest BCUT2D eigenvalue weighted by atomic mass is 10.0. The number of anilines is 1. The lowest BCUT2D eigenvalue weighted by Gasteiger charge is -2.23. The molecule has 3 rings (SSSR count). The molecule has 110 valence electrons. The number of aromatic nitrogens is 2. The van der Waals surface area contributed by atoms with E-state index in [1.165, 1.54) is 0 Å². The van der Waals surface area contributed by atoms with E-state index in [2.05, 4.69) is 20.6 Å². The number of carbonyl (C=O) groups is 1. The van der Waals surface area contributed by atoms with Gasteiger partial charge in [0.05, 0.1) is 23.8 Å². The number of fused-ring (bicyclic) bond motifs is 1. The molecule has 4 N–H and O–H groups in total. The van der Waals surface area contributed by atoms with Crippen molar-refractivity contribution < 1.29 is 9.90 Å². The fourth-order valence-corrected chi connectivity index (χ4v) is 2.55. The normalized spacial score (nSPS) is 17.3. The first kappa shape index (κ1) is 13.6. The molecule has 1 amide bonds. The van der Waals surface area contributed by atoms with Crippen molar-refractivity contribution in [3.8, 4) is 5.75 Å². The molecule has 6 heteroatoms.